The summed E-state index contributed by atoms with van der Waals surface area (Å²) in [7, 11) is 0. The number of ether oxygens (including phenoxy) is 2. The zero-order valence-corrected chi connectivity index (χ0v) is 12.7. The average molecular weight is 338 g/mol. The highest BCUT2D eigenvalue weighted by atomic mass is 19.3. The van der Waals surface area contributed by atoms with Gasteiger partial charge in [-0.15, -0.1) is 0 Å². The predicted octanol–water partition coefficient (Wildman–Crippen LogP) is 3.55. The fourth-order valence-corrected chi connectivity index (χ4v) is 2.64. The molecule has 0 bridgehead atoms. The van der Waals surface area contributed by atoms with E-state index in [1.807, 2.05) is 0 Å². The maximum Gasteiger partial charge on any atom is 0.387 e. The third kappa shape index (κ3) is 3.70. The van der Waals surface area contributed by atoms with Crippen LogP contribution in [0, 0.1) is 0 Å². The molecule has 0 saturated carbocycles. The van der Waals surface area contributed by atoms with E-state index in [1.54, 1.807) is 17.1 Å². The number of hydrogen-bond acceptors (Lipinski definition) is 4. The molecule has 24 heavy (non-hydrogen) atoms. The zero-order chi connectivity index (χ0) is 17.1. The van der Waals surface area contributed by atoms with Crippen LogP contribution in [0.3, 0.4) is 0 Å². The molecule has 1 unspecified atom stereocenters. The Bertz CT molecular complexity index is 727. The highest BCUT2D eigenvalue weighted by Crippen LogP contribution is 2.29. The highest BCUT2D eigenvalue weighted by Gasteiger charge is 2.18. The van der Waals surface area contributed by atoms with Gasteiger partial charge in [-0.2, -0.15) is 13.9 Å². The lowest BCUT2D eigenvalue weighted by Gasteiger charge is -2.22. The van der Waals surface area contributed by atoms with Crippen molar-refractivity contribution in [2.75, 3.05) is 6.61 Å². The Morgan fingerprint density at radius 1 is 1.33 bits per heavy atom. The second-order valence-corrected chi connectivity index (χ2v) is 5.46. The smallest absolute Gasteiger partial charge is 0.387 e. The molecule has 1 aromatic heterocycles. The Labute approximate surface area is 136 Å². The minimum absolute atomic E-state index is 0.134. The van der Waals surface area contributed by atoms with E-state index in [9.17, 15) is 13.6 Å². The van der Waals surface area contributed by atoms with E-state index < -0.39 is 12.6 Å². The molecular formula is C16H16F2N2O4. The number of carbonyl (C=O) groups is 1. The van der Waals surface area contributed by atoms with Crippen molar-refractivity contribution < 1.29 is 28.2 Å². The van der Waals surface area contributed by atoms with Crippen molar-refractivity contribution in [3.8, 4) is 16.9 Å². The van der Waals surface area contributed by atoms with Gasteiger partial charge in [0.25, 0.3) is 0 Å². The first kappa shape index (κ1) is 16.4. The van der Waals surface area contributed by atoms with Crippen molar-refractivity contribution in [3.63, 3.8) is 0 Å². The Balaban J connectivity index is 1.91. The van der Waals surface area contributed by atoms with E-state index in [0.29, 0.717) is 17.7 Å². The number of alkyl halides is 2. The largest absolute Gasteiger partial charge is 0.478 e. The zero-order valence-electron chi connectivity index (χ0n) is 12.7. The number of benzene rings is 1. The summed E-state index contributed by atoms with van der Waals surface area (Å²) >= 11 is 0. The third-order valence-corrected chi connectivity index (χ3v) is 3.76. The van der Waals surface area contributed by atoms with E-state index in [4.69, 9.17) is 9.84 Å². The second-order valence-electron chi connectivity index (χ2n) is 5.46. The molecule has 1 aliphatic heterocycles. The van der Waals surface area contributed by atoms with Crippen LogP contribution in [-0.4, -0.2) is 34.1 Å². The second kappa shape index (κ2) is 6.96. The van der Waals surface area contributed by atoms with Crippen molar-refractivity contribution in [1.82, 2.24) is 9.78 Å². The normalized spacial score (nSPS) is 17.9. The van der Waals surface area contributed by atoms with E-state index in [2.05, 4.69) is 9.84 Å². The van der Waals surface area contributed by atoms with Gasteiger partial charge in [0.15, 0.2) is 0 Å². The minimum Gasteiger partial charge on any atom is -0.478 e. The molecule has 1 aromatic carbocycles. The van der Waals surface area contributed by atoms with Gasteiger partial charge in [-0.25, -0.2) is 9.48 Å². The molecule has 2 aromatic rings. The number of aromatic nitrogens is 2. The van der Waals surface area contributed by atoms with Gasteiger partial charge in [-0.1, -0.05) is 0 Å². The van der Waals surface area contributed by atoms with Gasteiger partial charge in [0.2, 0.25) is 0 Å². The van der Waals surface area contributed by atoms with Crippen molar-refractivity contribution in [2.45, 2.75) is 32.1 Å². The van der Waals surface area contributed by atoms with Crippen molar-refractivity contribution in [3.05, 3.63) is 36.2 Å². The molecule has 1 atom stereocenters. The van der Waals surface area contributed by atoms with Crippen LogP contribution in [0.1, 0.15) is 35.8 Å². The van der Waals surface area contributed by atoms with Crippen LogP contribution >= 0.6 is 0 Å². The number of halogens is 2. The highest BCUT2D eigenvalue weighted by molar-refractivity contribution is 5.90. The molecule has 128 valence electrons. The molecule has 1 aliphatic rings. The quantitative estimate of drug-likeness (QED) is 0.902. The van der Waals surface area contributed by atoms with Gasteiger partial charge in [0.05, 0.1) is 11.8 Å². The maximum absolute atomic E-state index is 12.4. The molecule has 1 saturated heterocycles. The summed E-state index contributed by atoms with van der Waals surface area (Å²) in [5, 5.41) is 13.4. The summed E-state index contributed by atoms with van der Waals surface area (Å²) in [6, 6.07) is 3.82. The van der Waals surface area contributed by atoms with Gasteiger partial charge in [-0.3, -0.25) is 0 Å². The van der Waals surface area contributed by atoms with E-state index in [0.717, 1.165) is 25.3 Å². The maximum atomic E-state index is 12.4. The van der Waals surface area contributed by atoms with Crippen LogP contribution in [0.2, 0.25) is 0 Å². The van der Waals surface area contributed by atoms with Gasteiger partial charge in [0, 0.05) is 18.4 Å². The Morgan fingerprint density at radius 3 is 2.83 bits per heavy atom. The molecule has 6 nitrogen and oxygen atoms in total. The molecule has 1 fully saturated rings. The first-order chi connectivity index (χ1) is 11.5. The Kier molecular flexibility index (Phi) is 4.75. The SMILES string of the molecule is O=C(O)c1cc(OC(F)F)cc(-c2cnn(C3CCCCO3)c2)c1. The molecule has 1 N–H and O–H groups in total. The van der Waals surface area contributed by atoms with Gasteiger partial charge >= 0.3 is 12.6 Å². The number of rotatable bonds is 5. The average Bonchev–Trinajstić information content (AvgIpc) is 3.05. The fraction of sp³-hybridized carbons (Fsp3) is 0.375. The van der Waals surface area contributed by atoms with Crippen LogP contribution in [0.15, 0.2) is 30.6 Å². The summed E-state index contributed by atoms with van der Waals surface area (Å²) in [5.74, 6) is -1.43. The van der Waals surface area contributed by atoms with Crippen molar-refractivity contribution in [1.29, 1.82) is 0 Å². The molecule has 0 radical (unpaired) electrons. The predicted molar refractivity (Wildman–Crippen MR) is 80.1 cm³/mol. The molecular weight excluding hydrogens is 322 g/mol. The van der Waals surface area contributed by atoms with Crippen molar-refractivity contribution in [2.24, 2.45) is 0 Å². The number of hydrogen-bond donors (Lipinski definition) is 1. The number of nitrogens with zero attached hydrogens (tertiary/aromatic N) is 2. The molecule has 0 amide bonds. The van der Waals surface area contributed by atoms with E-state index in [1.165, 1.54) is 12.1 Å². The number of aromatic carboxylic acids is 1. The summed E-state index contributed by atoms with van der Waals surface area (Å²) in [6.07, 6.45) is 6.00. The molecule has 3 rings (SSSR count). The van der Waals surface area contributed by atoms with Crippen molar-refractivity contribution >= 4 is 5.97 Å². The monoisotopic (exact) mass is 338 g/mol. The van der Waals surface area contributed by atoms with E-state index in [-0.39, 0.29) is 17.5 Å². The topological polar surface area (TPSA) is 73.6 Å². The lowest BCUT2D eigenvalue weighted by atomic mass is 10.1. The minimum atomic E-state index is -3.03. The molecule has 2 heterocycles. The van der Waals surface area contributed by atoms with Gasteiger partial charge in [-0.05, 0) is 43.0 Å². The van der Waals surface area contributed by atoms with Crippen LogP contribution in [0.4, 0.5) is 8.78 Å². The van der Waals surface area contributed by atoms with Crippen LogP contribution in [-0.2, 0) is 4.74 Å². The summed E-state index contributed by atoms with van der Waals surface area (Å²) in [6.45, 7) is -2.36. The lowest BCUT2D eigenvalue weighted by molar-refractivity contribution is -0.0498. The van der Waals surface area contributed by atoms with Crippen LogP contribution in [0.5, 0.6) is 5.75 Å². The van der Waals surface area contributed by atoms with Gasteiger partial charge < -0.3 is 14.6 Å². The molecule has 0 spiro atoms. The number of carboxylic acids is 1. The summed E-state index contributed by atoms with van der Waals surface area (Å²) in [5.41, 5.74) is 0.906. The fourth-order valence-electron chi connectivity index (χ4n) is 2.64. The lowest BCUT2D eigenvalue weighted by Crippen LogP contribution is -2.18. The summed E-state index contributed by atoms with van der Waals surface area (Å²) in [4.78, 5) is 11.2. The first-order valence-electron chi connectivity index (χ1n) is 7.52. The molecule has 0 aliphatic carbocycles. The Hall–Kier alpha value is -2.48. The van der Waals surface area contributed by atoms with Gasteiger partial charge in [0.1, 0.15) is 12.0 Å². The standard InChI is InChI=1S/C16H16F2N2O4/c17-16(18)24-13-6-10(5-11(7-13)15(21)22)12-8-19-20(9-12)14-3-1-2-4-23-14/h5-9,14,16H,1-4H2,(H,21,22). The third-order valence-electron chi connectivity index (χ3n) is 3.76. The van der Waals surface area contributed by atoms with E-state index >= 15 is 0 Å². The van der Waals surface area contributed by atoms with Crippen LogP contribution in [0.25, 0.3) is 11.1 Å². The summed E-state index contributed by atoms with van der Waals surface area (Å²) < 4.78 is 36.5. The number of carboxylic acid groups (broad SMARTS) is 1. The van der Waals surface area contributed by atoms with Crippen LogP contribution < -0.4 is 4.74 Å². The first-order valence-corrected chi connectivity index (χ1v) is 7.52. The molecule has 8 heteroatoms. The Morgan fingerprint density at radius 2 is 2.17 bits per heavy atom.